The predicted molar refractivity (Wildman–Crippen MR) is 85.6 cm³/mol. The predicted octanol–water partition coefficient (Wildman–Crippen LogP) is 3.54. The van der Waals surface area contributed by atoms with Gasteiger partial charge in [-0.15, -0.1) is 0 Å². The lowest BCUT2D eigenvalue weighted by molar-refractivity contribution is 0.0696. The van der Waals surface area contributed by atoms with Gasteiger partial charge in [0.1, 0.15) is 0 Å². The van der Waals surface area contributed by atoms with Crippen LogP contribution in [0.25, 0.3) is 0 Å². The zero-order valence-electron chi connectivity index (χ0n) is 12.4. The van der Waals surface area contributed by atoms with E-state index in [1.54, 1.807) is 0 Å². The Morgan fingerprint density at radius 1 is 1.00 bits per heavy atom. The van der Waals surface area contributed by atoms with Crippen LogP contribution >= 0.6 is 0 Å². The molecule has 0 radical (unpaired) electrons. The monoisotopic (exact) mass is 293 g/mol. The Bertz CT molecular complexity index is 682. The van der Waals surface area contributed by atoms with Crippen LogP contribution in [0.2, 0.25) is 0 Å². The third kappa shape index (κ3) is 1.54. The summed E-state index contributed by atoms with van der Waals surface area (Å²) in [6.45, 7) is 2.24. The average molecular weight is 293 g/mol. The van der Waals surface area contributed by atoms with Crippen LogP contribution in [0.15, 0.2) is 36.4 Å². The van der Waals surface area contributed by atoms with Gasteiger partial charge in [0.2, 0.25) is 0 Å². The van der Waals surface area contributed by atoms with E-state index in [4.69, 9.17) is 0 Å². The molecule has 112 valence electrons. The maximum atomic E-state index is 11.6. The number of benzene rings is 1. The van der Waals surface area contributed by atoms with Crippen LogP contribution in [-0.2, 0) is 0 Å². The van der Waals surface area contributed by atoms with Gasteiger partial charge in [-0.1, -0.05) is 24.3 Å². The molecule has 4 atom stereocenters. The van der Waals surface area contributed by atoms with E-state index in [2.05, 4.69) is 29.2 Å². The van der Waals surface area contributed by atoms with Crippen LogP contribution in [0, 0.1) is 11.8 Å². The SMILES string of the molecule is O=C(O)c1cc2c3c(c1)[C@@H]1C=CC[C@@H]1CN3C[C@H]1CC=C[C@H]21. The number of hydrogen-bond donors (Lipinski definition) is 1. The van der Waals surface area contributed by atoms with E-state index in [1.165, 1.54) is 16.8 Å². The van der Waals surface area contributed by atoms with Crippen molar-refractivity contribution in [3.8, 4) is 0 Å². The van der Waals surface area contributed by atoms with Crippen molar-refractivity contribution in [3.63, 3.8) is 0 Å². The zero-order chi connectivity index (χ0) is 14.8. The van der Waals surface area contributed by atoms with Crippen molar-refractivity contribution >= 4 is 11.7 Å². The molecule has 0 fully saturated rings. The Morgan fingerprint density at radius 2 is 1.55 bits per heavy atom. The number of anilines is 1. The molecule has 3 nitrogen and oxygen atoms in total. The van der Waals surface area contributed by atoms with E-state index in [0.29, 0.717) is 29.2 Å². The molecule has 0 saturated heterocycles. The van der Waals surface area contributed by atoms with Gasteiger partial charge >= 0.3 is 5.97 Å². The minimum Gasteiger partial charge on any atom is -0.478 e. The molecule has 3 heteroatoms. The summed E-state index contributed by atoms with van der Waals surface area (Å²) in [4.78, 5) is 14.1. The second-order valence-electron chi connectivity index (χ2n) is 7.11. The first-order valence-corrected chi connectivity index (χ1v) is 8.22. The van der Waals surface area contributed by atoms with Crippen LogP contribution in [0.4, 0.5) is 5.69 Å². The lowest BCUT2D eigenvalue weighted by Gasteiger charge is -2.46. The summed E-state index contributed by atoms with van der Waals surface area (Å²) in [5, 5.41) is 9.52. The summed E-state index contributed by atoms with van der Waals surface area (Å²) in [7, 11) is 0. The number of carboxylic acid groups (broad SMARTS) is 1. The van der Waals surface area contributed by atoms with E-state index < -0.39 is 5.97 Å². The molecule has 2 aliphatic carbocycles. The molecule has 1 aromatic carbocycles. The molecule has 5 rings (SSSR count). The largest absolute Gasteiger partial charge is 0.478 e. The topological polar surface area (TPSA) is 40.5 Å². The summed E-state index contributed by atoms with van der Waals surface area (Å²) < 4.78 is 0. The molecule has 2 aliphatic heterocycles. The van der Waals surface area contributed by atoms with Crippen molar-refractivity contribution in [3.05, 3.63) is 53.1 Å². The first-order valence-electron chi connectivity index (χ1n) is 8.22. The molecule has 0 unspecified atom stereocenters. The summed E-state index contributed by atoms with van der Waals surface area (Å²) in [5.74, 6) is 1.25. The fourth-order valence-electron chi connectivity index (χ4n) is 5.00. The molecule has 0 aromatic heterocycles. The van der Waals surface area contributed by atoms with Gasteiger partial charge in [0.05, 0.1) is 5.56 Å². The van der Waals surface area contributed by atoms with Crippen molar-refractivity contribution in [1.29, 1.82) is 0 Å². The van der Waals surface area contributed by atoms with E-state index in [1.807, 2.05) is 12.1 Å². The van der Waals surface area contributed by atoms with Crippen molar-refractivity contribution in [2.24, 2.45) is 11.8 Å². The Morgan fingerprint density at radius 3 is 2.05 bits per heavy atom. The van der Waals surface area contributed by atoms with E-state index in [9.17, 15) is 9.90 Å². The fraction of sp³-hybridized carbons (Fsp3) is 0.421. The van der Waals surface area contributed by atoms with Gasteiger partial charge in [0.25, 0.3) is 0 Å². The summed E-state index contributed by atoms with van der Waals surface area (Å²) in [5.41, 5.74) is 4.29. The van der Waals surface area contributed by atoms with Crippen molar-refractivity contribution in [1.82, 2.24) is 0 Å². The number of carboxylic acids is 1. The molecule has 0 bridgehead atoms. The van der Waals surface area contributed by atoms with E-state index >= 15 is 0 Å². The summed E-state index contributed by atoms with van der Waals surface area (Å²) >= 11 is 0. The minimum atomic E-state index is -0.807. The minimum absolute atomic E-state index is 0.409. The van der Waals surface area contributed by atoms with Crippen LogP contribution in [0.1, 0.15) is 46.2 Å². The van der Waals surface area contributed by atoms with E-state index in [0.717, 1.165) is 25.9 Å². The number of allylic oxidation sites excluding steroid dienone is 4. The molecule has 0 saturated carbocycles. The van der Waals surface area contributed by atoms with Crippen LogP contribution in [0.5, 0.6) is 0 Å². The van der Waals surface area contributed by atoms with Gasteiger partial charge in [-0.2, -0.15) is 0 Å². The molecule has 4 aliphatic rings. The maximum Gasteiger partial charge on any atom is 0.335 e. The third-order valence-corrected chi connectivity index (χ3v) is 5.94. The normalized spacial score (nSPS) is 33.5. The van der Waals surface area contributed by atoms with Gasteiger partial charge < -0.3 is 10.0 Å². The number of nitrogens with zero attached hydrogens (tertiary/aromatic N) is 1. The Labute approximate surface area is 129 Å². The number of rotatable bonds is 1. The Kier molecular flexibility index (Phi) is 2.42. The average Bonchev–Trinajstić information content (AvgIpc) is 3.15. The molecule has 1 aromatic rings. The Hall–Kier alpha value is -2.03. The second-order valence-corrected chi connectivity index (χ2v) is 7.11. The van der Waals surface area contributed by atoms with Gasteiger partial charge in [0.15, 0.2) is 0 Å². The van der Waals surface area contributed by atoms with Crippen LogP contribution in [-0.4, -0.2) is 24.2 Å². The lowest BCUT2D eigenvalue weighted by atomic mass is 9.74. The van der Waals surface area contributed by atoms with Gasteiger partial charge in [-0.05, 0) is 47.9 Å². The first-order chi connectivity index (χ1) is 10.7. The van der Waals surface area contributed by atoms with Gasteiger partial charge in [-0.3, -0.25) is 0 Å². The van der Waals surface area contributed by atoms with Gasteiger partial charge in [-0.25, -0.2) is 4.79 Å². The Balaban J connectivity index is 1.77. The van der Waals surface area contributed by atoms with Crippen molar-refractivity contribution < 1.29 is 9.90 Å². The number of carbonyl (C=O) groups is 1. The van der Waals surface area contributed by atoms with Crippen molar-refractivity contribution in [2.45, 2.75) is 24.7 Å². The van der Waals surface area contributed by atoms with Crippen molar-refractivity contribution in [2.75, 3.05) is 18.0 Å². The standard InChI is InChI=1S/C19H19NO2/c21-19(22)13-7-16-14-5-1-3-11(14)9-20-10-12-4-2-6-15(12)17(8-13)18(16)20/h1-2,5-8,11-12,14-15H,3-4,9-10H2,(H,21,22)/t11-,12-,14-,15+/m1/s1. The zero-order valence-corrected chi connectivity index (χ0v) is 12.4. The van der Waals surface area contributed by atoms with Crippen LogP contribution < -0.4 is 4.90 Å². The van der Waals surface area contributed by atoms with Crippen LogP contribution in [0.3, 0.4) is 0 Å². The highest BCUT2D eigenvalue weighted by Gasteiger charge is 2.42. The molecule has 22 heavy (non-hydrogen) atoms. The third-order valence-electron chi connectivity index (χ3n) is 5.94. The lowest BCUT2D eigenvalue weighted by Crippen LogP contribution is -2.43. The molecule has 1 N–H and O–H groups in total. The number of aromatic carboxylic acids is 1. The molecule has 2 heterocycles. The quantitative estimate of drug-likeness (QED) is 0.805. The summed E-state index contributed by atoms with van der Waals surface area (Å²) in [6, 6.07) is 3.86. The molecule has 0 amide bonds. The highest BCUT2D eigenvalue weighted by Crippen LogP contribution is 2.53. The van der Waals surface area contributed by atoms with Gasteiger partial charge in [0, 0.05) is 30.6 Å². The number of fused-ring (bicyclic) bond motifs is 4. The number of hydrogen-bond acceptors (Lipinski definition) is 2. The highest BCUT2D eigenvalue weighted by molar-refractivity contribution is 5.90. The maximum absolute atomic E-state index is 11.6. The second kappa shape index (κ2) is 4.25. The first kappa shape index (κ1) is 12.5. The highest BCUT2D eigenvalue weighted by atomic mass is 16.4. The summed E-state index contributed by atoms with van der Waals surface area (Å²) in [6.07, 6.45) is 11.4. The van der Waals surface area contributed by atoms with E-state index in [-0.39, 0.29) is 0 Å². The fourth-order valence-corrected chi connectivity index (χ4v) is 5.00. The molecular weight excluding hydrogens is 274 g/mol. The smallest absolute Gasteiger partial charge is 0.335 e. The molecule has 0 spiro atoms. The molecular formula is C19H19NO2.